The van der Waals surface area contributed by atoms with Gasteiger partial charge in [0.25, 0.3) is 0 Å². The molecule has 1 aromatic rings. The van der Waals surface area contributed by atoms with Crippen molar-refractivity contribution in [2.24, 2.45) is 0 Å². The predicted molar refractivity (Wildman–Crippen MR) is 75.5 cm³/mol. The maximum Gasteiger partial charge on any atom is 0.244 e. The Bertz CT molecular complexity index is 505. The van der Waals surface area contributed by atoms with Crippen molar-refractivity contribution in [1.82, 2.24) is 4.90 Å². The Kier molecular flexibility index (Phi) is 4.66. The highest BCUT2D eigenvalue weighted by Gasteiger charge is 2.20. The van der Waals surface area contributed by atoms with E-state index in [1.165, 1.54) is 0 Å². The van der Waals surface area contributed by atoms with Gasteiger partial charge >= 0.3 is 0 Å². The minimum atomic E-state index is -0.264. The number of hydrogen-bond donors (Lipinski definition) is 1. The lowest BCUT2D eigenvalue weighted by Gasteiger charge is -2.26. The molecule has 1 N–H and O–H groups in total. The summed E-state index contributed by atoms with van der Waals surface area (Å²) in [4.78, 5) is 25.1. The van der Waals surface area contributed by atoms with Gasteiger partial charge in [0.15, 0.2) is 0 Å². The third-order valence-electron chi connectivity index (χ3n) is 2.98. The van der Waals surface area contributed by atoms with Gasteiger partial charge in [0.1, 0.15) is 0 Å². The van der Waals surface area contributed by atoms with Crippen molar-refractivity contribution in [3.8, 4) is 0 Å². The molecule has 1 heterocycles. The number of nitrogens with one attached hydrogen (secondary N) is 1. The second-order valence-corrected chi connectivity index (χ2v) is 5.21. The molecule has 0 spiro atoms. The smallest absolute Gasteiger partial charge is 0.244 e. The van der Waals surface area contributed by atoms with E-state index >= 15 is 0 Å². The Hall–Kier alpha value is -1.26. The van der Waals surface area contributed by atoms with E-state index in [1.54, 1.807) is 23.1 Å². The summed E-state index contributed by atoms with van der Waals surface area (Å²) in [7, 11) is 0. The van der Waals surface area contributed by atoms with Crippen LogP contribution in [0.5, 0.6) is 0 Å². The van der Waals surface area contributed by atoms with Crippen molar-refractivity contribution in [3.63, 3.8) is 0 Å². The molecule has 0 saturated carbocycles. The first-order valence-electron chi connectivity index (χ1n) is 6.09. The Morgan fingerprint density at radius 3 is 2.84 bits per heavy atom. The van der Waals surface area contributed by atoms with Gasteiger partial charge in [-0.05, 0) is 25.0 Å². The van der Waals surface area contributed by atoms with Crippen LogP contribution in [-0.2, 0) is 9.59 Å². The number of carbonyl (C=O) groups excluding carboxylic acids is 2. The molecular formula is C13H14Cl2N2O2. The minimum Gasteiger partial charge on any atom is -0.333 e. The first-order chi connectivity index (χ1) is 9.08. The number of carbonyl (C=O) groups is 2. The zero-order valence-electron chi connectivity index (χ0n) is 10.3. The van der Waals surface area contributed by atoms with Crippen LogP contribution in [0.25, 0.3) is 0 Å². The van der Waals surface area contributed by atoms with E-state index in [1.807, 2.05) is 0 Å². The average Bonchev–Trinajstić information content (AvgIpc) is 2.38. The Balaban J connectivity index is 1.97. The molecule has 1 fully saturated rings. The number of nitrogens with zero attached hydrogens (tertiary/aromatic N) is 1. The molecule has 6 heteroatoms. The normalized spacial score (nSPS) is 15.5. The van der Waals surface area contributed by atoms with Crippen LogP contribution in [-0.4, -0.2) is 29.8 Å². The number of hydrogen-bond acceptors (Lipinski definition) is 2. The molecule has 0 radical (unpaired) electrons. The predicted octanol–water partition coefficient (Wildman–Crippen LogP) is 2.94. The fourth-order valence-electron chi connectivity index (χ4n) is 1.99. The summed E-state index contributed by atoms with van der Waals surface area (Å²) in [6, 6.07) is 5.02. The number of likely N-dealkylation sites (tertiary alicyclic amines) is 1. The van der Waals surface area contributed by atoms with Crippen LogP contribution in [0.4, 0.5) is 5.69 Å². The van der Waals surface area contributed by atoms with Crippen molar-refractivity contribution < 1.29 is 9.59 Å². The van der Waals surface area contributed by atoms with E-state index in [0.717, 1.165) is 12.8 Å². The van der Waals surface area contributed by atoms with E-state index in [-0.39, 0.29) is 18.4 Å². The molecule has 0 unspecified atom stereocenters. The minimum absolute atomic E-state index is 0.0265. The summed E-state index contributed by atoms with van der Waals surface area (Å²) < 4.78 is 0. The third kappa shape index (κ3) is 3.61. The molecule has 2 amide bonds. The van der Waals surface area contributed by atoms with E-state index in [4.69, 9.17) is 23.2 Å². The molecule has 0 atom stereocenters. The average molecular weight is 301 g/mol. The van der Waals surface area contributed by atoms with Crippen LogP contribution >= 0.6 is 23.2 Å². The highest BCUT2D eigenvalue weighted by Crippen LogP contribution is 2.29. The molecule has 4 nitrogen and oxygen atoms in total. The Morgan fingerprint density at radius 1 is 1.32 bits per heavy atom. The van der Waals surface area contributed by atoms with Gasteiger partial charge in [-0.3, -0.25) is 9.59 Å². The molecule has 0 aromatic heterocycles. The number of piperidine rings is 1. The number of benzene rings is 1. The SMILES string of the molecule is O=C(CN1CCCCC1=O)Nc1cccc(Cl)c1Cl. The first-order valence-corrected chi connectivity index (χ1v) is 6.85. The number of anilines is 1. The molecule has 2 rings (SSSR count). The number of halogens is 2. The molecule has 1 aliphatic heterocycles. The van der Waals surface area contributed by atoms with Crippen LogP contribution in [0.15, 0.2) is 18.2 Å². The lowest BCUT2D eigenvalue weighted by molar-refractivity contribution is -0.136. The standard InChI is InChI=1S/C13H14Cl2N2O2/c14-9-4-3-5-10(13(9)15)16-11(18)8-17-7-2-1-6-12(17)19/h3-5H,1-2,6-8H2,(H,16,18). The van der Waals surface area contributed by atoms with Crippen molar-refractivity contribution in [2.75, 3.05) is 18.4 Å². The highest BCUT2D eigenvalue weighted by atomic mass is 35.5. The lowest BCUT2D eigenvalue weighted by Crippen LogP contribution is -2.40. The first kappa shape index (κ1) is 14.2. The van der Waals surface area contributed by atoms with Crippen LogP contribution < -0.4 is 5.32 Å². The summed E-state index contributed by atoms with van der Waals surface area (Å²) in [5.74, 6) is -0.238. The second kappa shape index (κ2) is 6.26. The number of amides is 2. The monoisotopic (exact) mass is 300 g/mol. The number of rotatable bonds is 3. The highest BCUT2D eigenvalue weighted by molar-refractivity contribution is 6.44. The van der Waals surface area contributed by atoms with Crippen LogP contribution in [0.2, 0.25) is 10.0 Å². The van der Waals surface area contributed by atoms with Gasteiger partial charge in [-0.15, -0.1) is 0 Å². The van der Waals surface area contributed by atoms with E-state index in [2.05, 4.69) is 5.32 Å². The maximum atomic E-state index is 11.9. The van der Waals surface area contributed by atoms with Crippen LogP contribution in [0.1, 0.15) is 19.3 Å². The van der Waals surface area contributed by atoms with Crippen molar-refractivity contribution in [2.45, 2.75) is 19.3 Å². The zero-order chi connectivity index (χ0) is 13.8. The molecule has 1 aromatic carbocycles. The van der Waals surface area contributed by atoms with E-state index in [0.29, 0.717) is 28.7 Å². The van der Waals surface area contributed by atoms with Gasteiger partial charge in [0, 0.05) is 13.0 Å². The molecule has 0 bridgehead atoms. The van der Waals surface area contributed by atoms with Gasteiger partial charge in [0.05, 0.1) is 22.3 Å². The van der Waals surface area contributed by atoms with E-state index in [9.17, 15) is 9.59 Å². The van der Waals surface area contributed by atoms with Gasteiger partial charge in [-0.25, -0.2) is 0 Å². The maximum absolute atomic E-state index is 11.9. The third-order valence-corrected chi connectivity index (χ3v) is 3.80. The second-order valence-electron chi connectivity index (χ2n) is 4.42. The van der Waals surface area contributed by atoms with Crippen molar-refractivity contribution >= 4 is 40.7 Å². The van der Waals surface area contributed by atoms with Crippen molar-refractivity contribution in [1.29, 1.82) is 0 Å². The molecule has 1 saturated heterocycles. The summed E-state index contributed by atoms with van der Waals surface area (Å²) in [6.07, 6.45) is 2.36. The Morgan fingerprint density at radius 2 is 2.11 bits per heavy atom. The Labute approximate surface area is 121 Å². The van der Waals surface area contributed by atoms with Gasteiger partial charge in [-0.2, -0.15) is 0 Å². The van der Waals surface area contributed by atoms with Crippen molar-refractivity contribution in [3.05, 3.63) is 28.2 Å². The quantitative estimate of drug-likeness (QED) is 0.933. The van der Waals surface area contributed by atoms with E-state index < -0.39 is 0 Å². The van der Waals surface area contributed by atoms with Gasteiger partial charge in [0.2, 0.25) is 11.8 Å². The topological polar surface area (TPSA) is 49.4 Å². The molecule has 1 aliphatic rings. The van der Waals surface area contributed by atoms with Crippen LogP contribution in [0.3, 0.4) is 0 Å². The fourth-order valence-corrected chi connectivity index (χ4v) is 2.34. The van der Waals surface area contributed by atoms with Gasteiger partial charge in [-0.1, -0.05) is 29.3 Å². The molecule has 19 heavy (non-hydrogen) atoms. The zero-order valence-corrected chi connectivity index (χ0v) is 11.8. The summed E-state index contributed by atoms with van der Waals surface area (Å²) in [6.45, 7) is 0.692. The summed E-state index contributed by atoms with van der Waals surface area (Å²) in [5, 5.41) is 3.36. The fraction of sp³-hybridized carbons (Fsp3) is 0.385. The molecule has 0 aliphatic carbocycles. The summed E-state index contributed by atoms with van der Waals surface area (Å²) >= 11 is 11.8. The molecular weight excluding hydrogens is 287 g/mol. The van der Waals surface area contributed by atoms with Gasteiger partial charge < -0.3 is 10.2 Å². The molecule has 102 valence electrons. The van der Waals surface area contributed by atoms with Crippen LogP contribution in [0, 0.1) is 0 Å². The summed E-state index contributed by atoms with van der Waals surface area (Å²) in [5.41, 5.74) is 0.462. The largest absolute Gasteiger partial charge is 0.333 e. The lowest BCUT2D eigenvalue weighted by atomic mass is 10.1.